The van der Waals surface area contributed by atoms with Crippen LogP contribution in [0.25, 0.3) is 0 Å². The fourth-order valence-electron chi connectivity index (χ4n) is 1.31. The molecule has 0 saturated carbocycles. The number of carboxylic acids is 1. The lowest BCUT2D eigenvalue weighted by Crippen LogP contribution is -2.08. The average Bonchev–Trinajstić information content (AvgIpc) is 2.14. The third-order valence-electron chi connectivity index (χ3n) is 1.88. The minimum absolute atomic E-state index is 0.0822. The number of hydrogen-bond acceptors (Lipinski definition) is 2. The van der Waals surface area contributed by atoms with Gasteiger partial charge in [-0.05, 0) is 27.6 Å². The molecule has 1 aromatic heterocycles. The molecule has 0 unspecified atom stereocenters. The summed E-state index contributed by atoms with van der Waals surface area (Å²) in [6.07, 6.45) is -3.18. The van der Waals surface area contributed by atoms with Gasteiger partial charge in [-0.2, -0.15) is 0 Å². The van der Waals surface area contributed by atoms with E-state index in [2.05, 4.69) is 36.8 Å². The van der Waals surface area contributed by atoms with Crippen LogP contribution in [0.15, 0.2) is 10.7 Å². The lowest BCUT2D eigenvalue weighted by molar-refractivity contribution is -0.136. The minimum atomic E-state index is -2.73. The molecule has 0 spiro atoms. The SMILES string of the molecule is O=C(O)Cc1cc(Br)nc(CBr)c1C(F)F. The quantitative estimate of drug-likeness (QED) is 0.663. The standard InChI is InChI=1S/C9H7Br2F2NO2/c10-3-5-8(9(12)13)4(2-7(15)16)1-6(11)14-5/h1,9H,2-3H2,(H,15,16). The molecule has 7 heteroatoms. The number of hydrogen-bond donors (Lipinski definition) is 1. The number of alkyl halides is 3. The molecule has 3 nitrogen and oxygen atoms in total. The molecule has 0 amide bonds. The van der Waals surface area contributed by atoms with Crippen LogP contribution in [-0.2, 0) is 16.5 Å². The van der Waals surface area contributed by atoms with Gasteiger partial charge in [0.2, 0.25) is 0 Å². The van der Waals surface area contributed by atoms with E-state index < -0.39 is 18.8 Å². The van der Waals surface area contributed by atoms with Crippen LogP contribution in [0, 0.1) is 0 Å². The van der Waals surface area contributed by atoms with Gasteiger partial charge < -0.3 is 5.11 Å². The Hall–Kier alpha value is -0.560. The van der Waals surface area contributed by atoms with Crippen LogP contribution in [0.3, 0.4) is 0 Å². The van der Waals surface area contributed by atoms with Crippen LogP contribution in [0.4, 0.5) is 8.78 Å². The van der Waals surface area contributed by atoms with Crippen LogP contribution in [-0.4, -0.2) is 16.1 Å². The first-order valence-corrected chi connectivity index (χ1v) is 6.11. The van der Waals surface area contributed by atoms with Gasteiger partial charge in [0, 0.05) is 10.9 Å². The molecule has 0 aromatic carbocycles. The maximum absolute atomic E-state index is 12.8. The van der Waals surface area contributed by atoms with E-state index in [0.717, 1.165) is 0 Å². The molecular weight excluding hydrogens is 352 g/mol. The number of nitrogens with zero attached hydrogens (tertiary/aromatic N) is 1. The molecule has 0 atom stereocenters. The van der Waals surface area contributed by atoms with Crippen molar-refractivity contribution in [2.24, 2.45) is 0 Å². The van der Waals surface area contributed by atoms with Crippen LogP contribution in [0.5, 0.6) is 0 Å². The molecule has 0 fully saturated rings. The highest BCUT2D eigenvalue weighted by Gasteiger charge is 2.20. The molecule has 1 rings (SSSR count). The van der Waals surface area contributed by atoms with E-state index in [9.17, 15) is 13.6 Å². The molecule has 0 bridgehead atoms. The number of carboxylic acid groups (broad SMARTS) is 1. The highest BCUT2D eigenvalue weighted by Crippen LogP contribution is 2.29. The molecule has 1 heterocycles. The van der Waals surface area contributed by atoms with Crippen LogP contribution >= 0.6 is 31.9 Å². The van der Waals surface area contributed by atoms with Gasteiger partial charge in [-0.1, -0.05) is 15.9 Å². The third kappa shape index (κ3) is 3.21. The molecule has 0 radical (unpaired) electrons. The normalized spacial score (nSPS) is 10.8. The Kier molecular flexibility index (Phi) is 4.79. The van der Waals surface area contributed by atoms with E-state index >= 15 is 0 Å². The summed E-state index contributed by atoms with van der Waals surface area (Å²) in [5.41, 5.74) is -0.0677. The Morgan fingerprint density at radius 2 is 2.19 bits per heavy atom. The molecule has 1 aromatic rings. The predicted molar refractivity (Wildman–Crippen MR) is 60.9 cm³/mol. The van der Waals surface area contributed by atoms with E-state index in [-0.39, 0.29) is 22.2 Å². The van der Waals surface area contributed by atoms with Gasteiger partial charge in [-0.15, -0.1) is 0 Å². The van der Waals surface area contributed by atoms with Crippen LogP contribution in [0.1, 0.15) is 23.2 Å². The second-order valence-corrected chi connectivity index (χ2v) is 4.34. The Morgan fingerprint density at radius 3 is 2.62 bits per heavy atom. The number of aliphatic carboxylic acids is 1. The summed E-state index contributed by atoms with van der Waals surface area (Å²) in [4.78, 5) is 14.4. The molecular formula is C9H7Br2F2NO2. The van der Waals surface area contributed by atoms with Gasteiger partial charge in [0.25, 0.3) is 6.43 Å². The highest BCUT2D eigenvalue weighted by atomic mass is 79.9. The Bertz CT molecular complexity index is 413. The van der Waals surface area contributed by atoms with Crippen molar-refractivity contribution in [1.29, 1.82) is 0 Å². The largest absolute Gasteiger partial charge is 0.481 e. The zero-order valence-corrected chi connectivity index (χ0v) is 11.1. The first-order chi connectivity index (χ1) is 7.45. The monoisotopic (exact) mass is 357 g/mol. The van der Waals surface area contributed by atoms with E-state index in [1.807, 2.05) is 0 Å². The fraction of sp³-hybridized carbons (Fsp3) is 0.333. The summed E-state index contributed by atoms with van der Waals surface area (Å²) in [6.45, 7) is 0. The van der Waals surface area contributed by atoms with E-state index in [0.29, 0.717) is 4.60 Å². The molecule has 0 saturated heterocycles. The van der Waals surface area contributed by atoms with Crippen LogP contribution in [0.2, 0.25) is 0 Å². The number of carbonyl (C=O) groups is 1. The van der Waals surface area contributed by atoms with Crippen molar-refractivity contribution in [3.05, 3.63) is 27.5 Å². The first kappa shape index (κ1) is 13.5. The van der Waals surface area contributed by atoms with Gasteiger partial charge in [0.05, 0.1) is 12.1 Å². The van der Waals surface area contributed by atoms with E-state index in [4.69, 9.17) is 5.11 Å². The summed E-state index contributed by atoms with van der Waals surface area (Å²) >= 11 is 6.10. The zero-order chi connectivity index (χ0) is 12.3. The molecule has 16 heavy (non-hydrogen) atoms. The average molecular weight is 359 g/mol. The van der Waals surface area contributed by atoms with Gasteiger partial charge >= 0.3 is 5.97 Å². The van der Waals surface area contributed by atoms with Crippen molar-refractivity contribution in [3.63, 3.8) is 0 Å². The smallest absolute Gasteiger partial charge is 0.307 e. The topological polar surface area (TPSA) is 50.2 Å². The molecule has 0 aliphatic rings. The highest BCUT2D eigenvalue weighted by molar-refractivity contribution is 9.10. The van der Waals surface area contributed by atoms with E-state index in [1.54, 1.807) is 0 Å². The number of aromatic nitrogens is 1. The lowest BCUT2D eigenvalue weighted by atomic mass is 10.0. The Morgan fingerprint density at radius 1 is 1.56 bits per heavy atom. The molecule has 1 N–H and O–H groups in total. The van der Waals surface area contributed by atoms with Gasteiger partial charge in [0.15, 0.2) is 0 Å². The van der Waals surface area contributed by atoms with Crippen molar-refractivity contribution in [3.8, 4) is 0 Å². The van der Waals surface area contributed by atoms with Gasteiger partial charge in [-0.3, -0.25) is 4.79 Å². The van der Waals surface area contributed by atoms with E-state index in [1.165, 1.54) is 6.07 Å². The third-order valence-corrected chi connectivity index (χ3v) is 2.82. The van der Waals surface area contributed by atoms with Crippen molar-refractivity contribution >= 4 is 37.8 Å². The summed E-state index contributed by atoms with van der Waals surface area (Å²) in [7, 11) is 0. The molecule has 0 aliphatic heterocycles. The van der Waals surface area contributed by atoms with Crippen LogP contribution < -0.4 is 0 Å². The second kappa shape index (κ2) is 5.67. The summed E-state index contributed by atoms with van der Waals surface area (Å²) in [5.74, 6) is -1.15. The van der Waals surface area contributed by atoms with Gasteiger partial charge in [-0.25, -0.2) is 13.8 Å². The Balaban J connectivity index is 3.32. The number of rotatable bonds is 4. The zero-order valence-electron chi connectivity index (χ0n) is 7.88. The molecule has 88 valence electrons. The minimum Gasteiger partial charge on any atom is -0.481 e. The second-order valence-electron chi connectivity index (χ2n) is 2.97. The van der Waals surface area contributed by atoms with Gasteiger partial charge in [0.1, 0.15) is 4.60 Å². The van der Waals surface area contributed by atoms with Crippen molar-refractivity contribution in [2.45, 2.75) is 18.2 Å². The van der Waals surface area contributed by atoms with Crippen molar-refractivity contribution in [2.75, 3.05) is 0 Å². The first-order valence-electron chi connectivity index (χ1n) is 4.19. The van der Waals surface area contributed by atoms with Crippen molar-refractivity contribution in [1.82, 2.24) is 4.98 Å². The fourth-order valence-corrected chi connectivity index (χ4v) is 2.22. The van der Waals surface area contributed by atoms with Crippen molar-refractivity contribution < 1.29 is 18.7 Å². The summed E-state index contributed by atoms with van der Waals surface area (Å²) in [5, 5.41) is 8.79. The Labute approximate surface area is 107 Å². The maximum Gasteiger partial charge on any atom is 0.307 e. The molecule has 0 aliphatic carbocycles. The summed E-state index contributed by atoms with van der Waals surface area (Å²) < 4.78 is 25.9. The number of pyridine rings is 1. The lowest BCUT2D eigenvalue weighted by Gasteiger charge is -2.11. The summed E-state index contributed by atoms with van der Waals surface area (Å²) in [6, 6.07) is 1.31. The predicted octanol–water partition coefficient (Wildman–Crippen LogP) is 3.30. The number of halogens is 4. The maximum atomic E-state index is 12.8.